The number of fused-ring (bicyclic) bond motifs is 1. The van der Waals surface area contributed by atoms with Crippen molar-refractivity contribution in [3.05, 3.63) is 42.0 Å². The van der Waals surface area contributed by atoms with Gasteiger partial charge in [0.25, 0.3) is 0 Å². The van der Waals surface area contributed by atoms with Gasteiger partial charge in [-0.05, 0) is 40.3 Å². The Morgan fingerprint density at radius 2 is 1.57 bits per heavy atom. The third-order valence-electron chi connectivity index (χ3n) is 4.55. The van der Waals surface area contributed by atoms with Crippen LogP contribution in [0.3, 0.4) is 0 Å². The van der Waals surface area contributed by atoms with Gasteiger partial charge in [-0.2, -0.15) is 22.0 Å². The molecule has 0 aliphatic rings. The topological polar surface area (TPSA) is 35.5 Å². The van der Waals surface area contributed by atoms with Gasteiger partial charge < -0.3 is 9.47 Å². The Morgan fingerprint density at radius 1 is 0.964 bits per heavy atom. The van der Waals surface area contributed by atoms with Crippen molar-refractivity contribution in [2.24, 2.45) is 5.92 Å². The maximum atomic E-state index is 12.7. The average molecular weight is 404 g/mol. The summed E-state index contributed by atoms with van der Waals surface area (Å²) in [4.78, 5) is 11.4. The van der Waals surface area contributed by atoms with Crippen LogP contribution in [0.1, 0.15) is 32.3 Å². The summed E-state index contributed by atoms with van der Waals surface area (Å²) in [5.41, 5.74) is 1.19. The maximum Gasteiger partial charge on any atom is 0.456 e. The van der Waals surface area contributed by atoms with E-state index in [4.69, 9.17) is 4.74 Å². The second-order valence-electron chi connectivity index (χ2n) is 6.95. The molecule has 0 bridgehead atoms. The van der Waals surface area contributed by atoms with E-state index in [0.29, 0.717) is 11.8 Å². The molecule has 1 unspecified atom stereocenters. The zero-order chi connectivity index (χ0) is 21.1. The van der Waals surface area contributed by atoms with Crippen molar-refractivity contribution in [1.82, 2.24) is 0 Å². The minimum absolute atomic E-state index is 0.275. The van der Waals surface area contributed by atoms with Gasteiger partial charge in [-0.25, -0.2) is 4.79 Å². The Labute approximate surface area is 159 Å². The van der Waals surface area contributed by atoms with Crippen LogP contribution in [-0.4, -0.2) is 31.3 Å². The van der Waals surface area contributed by atoms with Crippen LogP contribution in [0.4, 0.5) is 22.0 Å². The molecule has 8 heteroatoms. The van der Waals surface area contributed by atoms with Gasteiger partial charge in [-0.1, -0.05) is 45.0 Å². The van der Waals surface area contributed by atoms with Crippen molar-refractivity contribution in [3.8, 4) is 5.75 Å². The number of alkyl halides is 5. The van der Waals surface area contributed by atoms with Crippen LogP contribution in [-0.2, 0) is 9.53 Å². The second-order valence-corrected chi connectivity index (χ2v) is 6.95. The van der Waals surface area contributed by atoms with E-state index < -0.39 is 31.3 Å². The second kappa shape index (κ2) is 8.32. The van der Waals surface area contributed by atoms with E-state index in [1.807, 2.05) is 12.1 Å². The fourth-order valence-corrected chi connectivity index (χ4v) is 2.44. The summed E-state index contributed by atoms with van der Waals surface area (Å²) < 4.78 is 70.7. The molecule has 1 atom stereocenters. The van der Waals surface area contributed by atoms with E-state index in [-0.39, 0.29) is 5.75 Å². The summed E-state index contributed by atoms with van der Waals surface area (Å²) in [6.07, 6.45) is -5.78. The molecule has 0 radical (unpaired) electrons. The van der Waals surface area contributed by atoms with Crippen molar-refractivity contribution in [2.75, 3.05) is 13.2 Å². The van der Waals surface area contributed by atoms with E-state index in [1.165, 1.54) is 5.56 Å². The van der Waals surface area contributed by atoms with Gasteiger partial charge in [0.1, 0.15) is 5.75 Å². The van der Waals surface area contributed by atoms with E-state index in [1.54, 1.807) is 18.2 Å². The highest BCUT2D eigenvalue weighted by Crippen LogP contribution is 2.35. The van der Waals surface area contributed by atoms with E-state index in [0.717, 1.165) is 10.8 Å². The molecule has 0 aliphatic heterocycles. The van der Waals surface area contributed by atoms with Gasteiger partial charge in [0.2, 0.25) is 0 Å². The summed E-state index contributed by atoms with van der Waals surface area (Å²) in [5, 5.41) is 1.80. The Kier molecular flexibility index (Phi) is 6.52. The first kappa shape index (κ1) is 21.9. The van der Waals surface area contributed by atoms with Crippen LogP contribution in [0, 0.1) is 5.92 Å². The lowest BCUT2D eigenvalue weighted by molar-refractivity contribution is -0.294. The van der Waals surface area contributed by atoms with E-state index in [2.05, 4.69) is 31.6 Å². The Bertz CT molecular complexity index is 830. The first-order chi connectivity index (χ1) is 12.9. The molecule has 0 fully saturated rings. The first-order valence-corrected chi connectivity index (χ1v) is 8.67. The first-order valence-electron chi connectivity index (χ1n) is 8.67. The van der Waals surface area contributed by atoms with Gasteiger partial charge in [-0.3, -0.25) is 0 Å². The highest BCUT2D eigenvalue weighted by atomic mass is 19.4. The third kappa shape index (κ3) is 5.33. The number of benzene rings is 2. The predicted molar refractivity (Wildman–Crippen MR) is 94.7 cm³/mol. The molecule has 0 amide bonds. The van der Waals surface area contributed by atoms with Gasteiger partial charge in [0.05, 0.1) is 0 Å². The SMILES string of the molecule is CC(C)C(C)c1ccc2cc(OCC(=O)OCC(F)(F)C(F)(F)F)ccc2c1. The summed E-state index contributed by atoms with van der Waals surface area (Å²) in [5.74, 6) is -5.28. The molecule has 2 aromatic rings. The number of halogens is 5. The Morgan fingerprint density at radius 3 is 2.18 bits per heavy atom. The number of esters is 1. The molecule has 0 saturated carbocycles. The Hall–Kier alpha value is -2.38. The fraction of sp³-hybridized carbons (Fsp3) is 0.450. The minimum Gasteiger partial charge on any atom is -0.482 e. The smallest absolute Gasteiger partial charge is 0.456 e. The molecule has 0 aliphatic carbocycles. The number of hydrogen-bond acceptors (Lipinski definition) is 3. The van der Waals surface area contributed by atoms with Crippen molar-refractivity contribution in [1.29, 1.82) is 0 Å². The number of ether oxygens (including phenoxy) is 2. The molecule has 0 N–H and O–H groups in total. The lowest BCUT2D eigenvalue weighted by Gasteiger charge is -2.19. The van der Waals surface area contributed by atoms with Crippen LogP contribution in [0.25, 0.3) is 10.8 Å². The molecular formula is C20H21F5O3. The molecule has 28 heavy (non-hydrogen) atoms. The normalized spacial score (nSPS) is 13.6. The standard InChI is InChI=1S/C20H21F5O3/c1-12(2)13(3)14-4-5-16-9-17(7-6-15(16)8-14)27-10-18(26)28-11-19(21,22)20(23,24)25/h4-9,12-13H,10-11H2,1-3H3. The third-order valence-corrected chi connectivity index (χ3v) is 4.55. The van der Waals surface area contributed by atoms with Crippen molar-refractivity contribution < 1.29 is 36.2 Å². The number of rotatable bonds is 7. The van der Waals surface area contributed by atoms with Crippen LogP contribution < -0.4 is 4.74 Å². The molecule has 2 aromatic carbocycles. The molecule has 154 valence electrons. The van der Waals surface area contributed by atoms with Crippen molar-refractivity contribution >= 4 is 16.7 Å². The van der Waals surface area contributed by atoms with Crippen molar-refractivity contribution in [2.45, 2.75) is 38.8 Å². The molecule has 0 saturated heterocycles. The molecule has 0 heterocycles. The summed E-state index contributed by atoms with van der Waals surface area (Å²) in [7, 11) is 0. The van der Waals surface area contributed by atoms with Gasteiger partial charge >= 0.3 is 18.1 Å². The summed E-state index contributed by atoms with van der Waals surface area (Å²) >= 11 is 0. The number of hydrogen-bond donors (Lipinski definition) is 0. The van der Waals surface area contributed by atoms with Crippen LogP contribution >= 0.6 is 0 Å². The highest BCUT2D eigenvalue weighted by molar-refractivity contribution is 5.84. The molecule has 0 spiro atoms. The van der Waals surface area contributed by atoms with E-state index in [9.17, 15) is 26.7 Å². The van der Waals surface area contributed by atoms with Gasteiger partial charge in [-0.15, -0.1) is 0 Å². The quantitative estimate of drug-likeness (QED) is 0.437. The van der Waals surface area contributed by atoms with Crippen LogP contribution in [0.2, 0.25) is 0 Å². The summed E-state index contributed by atoms with van der Waals surface area (Å²) in [6, 6.07) is 11.0. The lowest BCUT2D eigenvalue weighted by atomic mass is 9.89. The zero-order valence-corrected chi connectivity index (χ0v) is 15.6. The fourth-order valence-electron chi connectivity index (χ4n) is 2.44. The predicted octanol–water partition coefficient (Wildman–Crippen LogP) is 5.72. The number of carbonyl (C=O) groups excluding carboxylic acids is 1. The highest BCUT2D eigenvalue weighted by Gasteiger charge is 2.58. The largest absolute Gasteiger partial charge is 0.482 e. The Balaban J connectivity index is 1.97. The zero-order valence-electron chi connectivity index (χ0n) is 15.6. The van der Waals surface area contributed by atoms with Crippen LogP contribution in [0.5, 0.6) is 5.75 Å². The molecular weight excluding hydrogens is 383 g/mol. The maximum absolute atomic E-state index is 12.7. The van der Waals surface area contributed by atoms with Crippen molar-refractivity contribution in [3.63, 3.8) is 0 Å². The average Bonchev–Trinajstić information content (AvgIpc) is 2.62. The lowest BCUT2D eigenvalue weighted by Crippen LogP contribution is -2.41. The van der Waals surface area contributed by atoms with Gasteiger partial charge in [0, 0.05) is 0 Å². The molecule has 2 rings (SSSR count). The van der Waals surface area contributed by atoms with E-state index >= 15 is 0 Å². The summed E-state index contributed by atoms with van der Waals surface area (Å²) in [6.45, 7) is 3.55. The monoisotopic (exact) mass is 404 g/mol. The minimum atomic E-state index is -5.78. The number of carbonyl (C=O) groups is 1. The van der Waals surface area contributed by atoms with Crippen LogP contribution in [0.15, 0.2) is 36.4 Å². The van der Waals surface area contributed by atoms with Gasteiger partial charge in [0.15, 0.2) is 13.2 Å². The molecule has 3 nitrogen and oxygen atoms in total. The molecule has 0 aromatic heterocycles.